The fourth-order valence-electron chi connectivity index (χ4n) is 3.36. The van der Waals surface area contributed by atoms with Gasteiger partial charge in [0.2, 0.25) is 10.0 Å². The fraction of sp³-hybridized carbons (Fsp3) is 0.435. The number of methoxy groups -OCH3 is 1. The van der Waals surface area contributed by atoms with Crippen molar-refractivity contribution in [2.75, 3.05) is 39.2 Å². The van der Waals surface area contributed by atoms with Gasteiger partial charge in [-0.3, -0.25) is 0 Å². The molecule has 0 fully saturated rings. The van der Waals surface area contributed by atoms with Crippen molar-refractivity contribution in [3.63, 3.8) is 0 Å². The van der Waals surface area contributed by atoms with Crippen LogP contribution in [-0.4, -0.2) is 74.8 Å². The predicted octanol–water partition coefficient (Wildman–Crippen LogP) is 3.67. The molecule has 2 rings (SSSR count). The average Bonchev–Trinajstić information content (AvgIpc) is 2.81. The number of hydrogen-bond acceptors (Lipinski definition) is 5. The minimum absolute atomic E-state index is 0.0207. The Hall–Kier alpha value is -2.24. The van der Waals surface area contributed by atoms with Crippen LogP contribution < -0.4 is 5.32 Å². The molecule has 0 aliphatic carbocycles. The summed E-state index contributed by atoms with van der Waals surface area (Å²) in [5, 5.41) is 12.6. The summed E-state index contributed by atoms with van der Waals surface area (Å²) in [5.41, 5.74) is 0.0207. The first-order valence-electron chi connectivity index (χ1n) is 10.7. The molecule has 0 saturated carbocycles. The van der Waals surface area contributed by atoms with E-state index in [4.69, 9.17) is 16.3 Å². The highest BCUT2D eigenvalue weighted by molar-refractivity contribution is 7.89. The van der Waals surface area contributed by atoms with Gasteiger partial charge in [0.25, 0.3) is 0 Å². The third-order valence-corrected chi connectivity index (χ3v) is 7.64. The predicted molar refractivity (Wildman–Crippen MR) is 130 cm³/mol. The summed E-state index contributed by atoms with van der Waals surface area (Å²) in [6, 6.07) is 10.5. The van der Waals surface area contributed by atoms with Gasteiger partial charge in [0.1, 0.15) is 5.82 Å². The zero-order valence-corrected chi connectivity index (χ0v) is 21.2. The maximum absolute atomic E-state index is 14.0. The highest BCUT2D eigenvalue weighted by Crippen LogP contribution is 2.21. The van der Waals surface area contributed by atoms with Gasteiger partial charge < -0.3 is 20.1 Å². The van der Waals surface area contributed by atoms with Crippen LogP contribution in [0.25, 0.3) is 0 Å². The number of rotatable bonds is 11. The zero-order valence-electron chi connectivity index (χ0n) is 19.6. The van der Waals surface area contributed by atoms with Gasteiger partial charge in [0, 0.05) is 38.2 Å². The van der Waals surface area contributed by atoms with Crippen molar-refractivity contribution in [2.24, 2.45) is 5.92 Å². The number of halogens is 2. The summed E-state index contributed by atoms with van der Waals surface area (Å²) < 4.78 is 46.6. The highest BCUT2D eigenvalue weighted by atomic mass is 35.5. The van der Waals surface area contributed by atoms with Gasteiger partial charge in [0.15, 0.2) is 0 Å². The molecule has 2 N–H and O–H groups in total. The summed E-state index contributed by atoms with van der Waals surface area (Å²) in [6.45, 7) is 3.32. The summed E-state index contributed by atoms with van der Waals surface area (Å²) in [7, 11) is -0.878. The van der Waals surface area contributed by atoms with Crippen molar-refractivity contribution in [2.45, 2.75) is 30.9 Å². The third kappa shape index (κ3) is 7.13. The fourth-order valence-corrected chi connectivity index (χ4v) is 4.67. The molecule has 188 valence electrons. The van der Waals surface area contributed by atoms with E-state index in [0.717, 1.165) is 0 Å². The smallest absolute Gasteiger partial charge is 0.322 e. The first-order chi connectivity index (χ1) is 16.0. The van der Waals surface area contributed by atoms with Crippen LogP contribution in [0, 0.1) is 11.7 Å². The monoisotopic (exact) mass is 515 g/mol. The Balaban J connectivity index is 2.14. The maximum atomic E-state index is 14.0. The Bertz CT molecular complexity index is 1050. The highest BCUT2D eigenvalue weighted by Gasteiger charge is 2.30. The standard InChI is InChI=1S/C23H31ClFN3O5S/c1-16(13-28(17(2)15-29)23(30)26-21-8-6-5-7-20(21)25)22(33-4)14-27(3)34(31,32)19-11-9-18(24)10-12-19/h5-12,16-17,22,29H,13-15H2,1-4H3,(H,26,30)/t16-,17-,22+/m0/s1. The number of urea groups is 1. The summed E-state index contributed by atoms with van der Waals surface area (Å²) in [4.78, 5) is 14.4. The number of anilines is 1. The number of aliphatic hydroxyl groups is 1. The second-order valence-electron chi connectivity index (χ2n) is 8.08. The molecule has 2 aromatic carbocycles. The molecular formula is C23H31ClFN3O5S. The number of aliphatic hydroxyl groups excluding tert-OH is 1. The van der Waals surface area contributed by atoms with Gasteiger partial charge in [-0.15, -0.1) is 0 Å². The van der Waals surface area contributed by atoms with Crippen LogP contribution in [0.1, 0.15) is 13.8 Å². The minimum atomic E-state index is -3.79. The van der Waals surface area contributed by atoms with Gasteiger partial charge in [-0.25, -0.2) is 17.6 Å². The van der Waals surface area contributed by atoms with Gasteiger partial charge in [-0.05, 0) is 43.3 Å². The Morgan fingerprint density at radius 3 is 2.32 bits per heavy atom. The lowest BCUT2D eigenvalue weighted by Gasteiger charge is -2.34. The van der Waals surface area contributed by atoms with Crippen LogP contribution in [0.3, 0.4) is 0 Å². The van der Waals surface area contributed by atoms with Crippen LogP contribution in [0.4, 0.5) is 14.9 Å². The number of sulfonamides is 1. The van der Waals surface area contributed by atoms with Gasteiger partial charge in [-0.2, -0.15) is 4.31 Å². The van der Waals surface area contributed by atoms with Crippen molar-refractivity contribution in [1.29, 1.82) is 0 Å². The molecule has 3 atom stereocenters. The third-order valence-electron chi connectivity index (χ3n) is 5.55. The second kappa shape index (κ2) is 12.5. The normalized spacial score (nSPS) is 14.5. The van der Waals surface area contributed by atoms with E-state index in [0.29, 0.717) is 5.02 Å². The molecule has 34 heavy (non-hydrogen) atoms. The molecule has 0 radical (unpaired) electrons. The summed E-state index contributed by atoms with van der Waals surface area (Å²) in [5.74, 6) is -0.905. The van der Waals surface area contributed by atoms with E-state index in [2.05, 4.69) is 5.32 Å². The quantitative estimate of drug-likeness (QED) is 0.476. The molecule has 2 aromatic rings. The number of nitrogens with one attached hydrogen (secondary N) is 1. The molecule has 0 unspecified atom stereocenters. The van der Waals surface area contributed by atoms with Crippen LogP contribution in [0.2, 0.25) is 5.02 Å². The molecule has 8 nitrogen and oxygen atoms in total. The van der Waals surface area contributed by atoms with Gasteiger partial charge in [-0.1, -0.05) is 30.7 Å². The SMILES string of the molecule is CO[C@H](CN(C)S(=O)(=O)c1ccc(Cl)cc1)[C@@H](C)CN(C(=O)Nc1ccccc1F)[C@@H](C)CO. The minimum Gasteiger partial charge on any atom is -0.394 e. The van der Waals surface area contributed by atoms with Crippen LogP contribution in [-0.2, 0) is 14.8 Å². The molecule has 0 aliphatic rings. The van der Waals surface area contributed by atoms with E-state index in [1.54, 1.807) is 13.0 Å². The number of likely N-dealkylation sites (N-methyl/N-ethyl adjacent to an activating group) is 1. The number of carbonyl (C=O) groups excluding carboxylic acids is 1. The van der Waals surface area contributed by atoms with Crippen molar-refractivity contribution in [3.8, 4) is 0 Å². The van der Waals surface area contributed by atoms with E-state index in [-0.39, 0.29) is 36.2 Å². The van der Waals surface area contributed by atoms with E-state index in [1.165, 1.54) is 65.8 Å². The van der Waals surface area contributed by atoms with E-state index >= 15 is 0 Å². The van der Waals surface area contributed by atoms with Crippen molar-refractivity contribution in [3.05, 3.63) is 59.4 Å². The largest absolute Gasteiger partial charge is 0.394 e. The first-order valence-corrected chi connectivity index (χ1v) is 12.5. The number of carbonyl (C=O) groups is 1. The lowest BCUT2D eigenvalue weighted by molar-refractivity contribution is 0.0305. The number of para-hydroxylation sites is 1. The van der Waals surface area contributed by atoms with Crippen molar-refractivity contribution in [1.82, 2.24) is 9.21 Å². The molecule has 0 heterocycles. The van der Waals surface area contributed by atoms with E-state index in [9.17, 15) is 22.7 Å². The molecular weight excluding hydrogens is 485 g/mol. The molecule has 0 aliphatic heterocycles. The van der Waals surface area contributed by atoms with Gasteiger partial charge >= 0.3 is 6.03 Å². The lowest BCUT2D eigenvalue weighted by Crippen LogP contribution is -2.49. The first kappa shape index (κ1) is 28.0. The van der Waals surface area contributed by atoms with Crippen LogP contribution in [0.15, 0.2) is 53.4 Å². The average molecular weight is 516 g/mol. The molecule has 2 amide bonds. The molecule has 0 aromatic heterocycles. The lowest BCUT2D eigenvalue weighted by atomic mass is 10.0. The number of nitrogens with zero attached hydrogens (tertiary/aromatic N) is 2. The molecule has 0 saturated heterocycles. The van der Waals surface area contributed by atoms with Crippen LogP contribution in [0.5, 0.6) is 0 Å². The Kier molecular flexibility index (Phi) is 10.3. The number of ether oxygens (including phenoxy) is 1. The number of amides is 2. The Morgan fingerprint density at radius 2 is 1.76 bits per heavy atom. The number of hydrogen-bond donors (Lipinski definition) is 2. The number of benzene rings is 2. The molecule has 0 bridgehead atoms. The summed E-state index contributed by atoms with van der Waals surface area (Å²) in [6.07, 6.45) is -0.568. The second-order valence-corrected chi connectivity index (χ2v) is 10.6. The summed E-state index contributed by atoms with van der Waals surface area (Å²) >= 11 is 5.86. The van der Waals surface area contributed by atoms with Crippen molar-refractivity contribution >= 4 is 33.3 Å². The topological polar surface area (TPSA) is 99.2 Å². The van der Waals surface area contributed by atoms with E-state index in [1.807, 2.05) is 6.92 Å². The Morgan fingerprint density at radius 1 is 1.15 bits per heavy atom. The molecule has 11 heteroatoms. The molecule has 0 spiro atoms. The van der Waals surface area contributed by atoms with E-state index < -0.39 is 34.0 Å². The maximum Gasteiger partial charge on any atom is 0.322 e. The Labute approximate surface area is 205 Å². The van der Waals surface area contributed by atoms with Crippen LogP contribution >= 0.6 is 11.6 Å². The zero-order chi connectivity index (χ0) is 25.5. The van der Waals surface area contributed by atoms with Crippen molar-refractivity contribution < 1.29 is 27.4 Å². The van der Waals surface area contributed by atoms with Gasteiger partial charge in [0.05, 0.1) is 29.3 Å².